The zero-order valence-electron chi connectivity index (χ0n) is 11.1. The molecule has 4 nitrogen and oxygen atoms in total. The van der Waals surface area contributed by atoms with Crippen LogP contribution in [0, 0.1) is 0 Å². The summed E-state index contributed by atoms with van der Waals surface area (Å²) in [6.45, 7) is 9.16. The maximum Gasteiger partial charge on any atom is 0.158 e. The Morgan fingerprint density at radius 2 is 1.69 bits per heavy atom. The van der Waals surface area contributed by atoms with E-state index in [0.29, 0.717) is 19.3 Å². The van der Waals surface area contributed by atoms with Gasteiger partial charge in [0.1, 0.15) is 0 Å². The number of hydrogen-bond acceptors (Lipinski definition) is 4. The van der Waals surface area contributed by atoms with E-state index >= 15 is 0 Å². The van der Waals surface area contributed by atoms with Crippen LogP contribution in [0.1, 0.15) is 33.6 Å². The van der Waals surface area contributed by atoms with Gasteiger partial charge in [-0.05, 0) is 20.3 Å². The zero-order valence-corrected chi connectivity index (χ0v) is 11.1. The number of rotatable bonds is 11. The van der Waals surface area contributed by atoms with E-state index in [0.717, 1.165) is 26.0 Å². The lowest BCUT2D eigenvalue weighted by Crippen LogP contribution is -2.35. The lowest BCUT2D eigenvalue weighted by Gasteiger charge is -2.20. The summed E-state index contributed by atoms with van der Waals surface area (Å²) in [6.07, 6.45) is 1.87. The molecule has 0 saturated carbocycles. The Kier molecular flexibility index (Phi) is 11.2. The zero-order chi connectivity index (χ0) is 12.2. The van der Waals surface area contributed by atoms with Crippen molar-refractivity contribution in [2.24, 2.45) is 0 Å². The summed E-state index contributed by atoms with van der Waals surface area (Å²) in [5, 5.41) is 3.43. The van der Waals surface area contributed by atoms with Gasteiger partial charge in [0.2, 0.25) is 0 Å². The fourth-order valence-electron chi connectivity index (χ4n) is 1.51. The highest BCUT2D eigenvalue weighted by Gasteiger charge is 2.09. The molecule has 0 aliphatic rings. The second-order valence-electron chi connectivity index (χ2n) is 3.64. The maximum atomic E-state index is 5.46. The largest absolute Gasteiger partial charge is 0.383 e. The lowest BCUT2D eigenvalue weighted by molar-refractivity contribution is -0.138. The standard InChI is InChI=1S/C12H27NO3/c1-5-11(10-14-4)13-9-8-12(15-6-2)16-7-3/h11-13H,5-10H2,1-4H3. The summed E-state index contributed by atoms with van der Waals surface area (Å²) >= 11 is 0. The molecule has 0 fully saturated rings. The van der Waals surface area contributed by atoms with Crippen molar-refractivity contribution in [2.45, 2.75) is 45.9 Å². The average Bonchev–Trinajstić information content (AvgIpc) is 2.28. The molecule has 16 heavy (non-hydrogen) atoms. The molecule has 0 spiro atoms. The summed E-state index contributed by atoms with van der Waals surface area (Å²) in [6, 6.07) is 0.425. The topological polar surface area (TPSA) is 39.7 Å². The monoisotopic (exact) mass is 233 g/mol. The van der Waals surface area contributed by atoms with Gasteiger partial charge in [-0.3, -0.25) is 0 Å². The molecule has 1 atom stereocenters. The van der Waals surface area contributed by atoms with Crippen molar-refractivity contribution in [3.63, 3.8) is 0 Å². The van der Waals surface area contributed by atoms with Gasteiger partial charge in [-0.1, -0.05) is 6.92 Å². The van der Waals surface area contributed by atoms with E-state index in [9.17, 15) is 0 Å². The van der Waals surface area contributed by atoms with Crippen LogP contribution < -0.4 is 5.32 Å². The first-order valence-corrected chi connectivity index (χ1v) is 6.23. The van der Waals surface area contributed by atoms with Crippen molar-refractivity contribution < 1.29 is 14.2 Å². The van der Waals surface area contributed by atoms with Crippen LogP contribution in [-0.4, -0.2) is 45.8 Å². The van der Waals surface area contributed by atoms with E-state index in [4.69, 9.17) is 14.2 Å². The summed E-state index contributed by atoms with van der Waals surface area (Å²) in [7, 11) is 1.73. The molecule has 0 aromatic heterocycles. The van der Waals surface area contributed by atoms with Gasteiger partial charge in [0.15, 0.2) is 6.29 Å². The van der Waals surface area contributed by atoms with Crippen LogP contribution in [0.25, 0.3) is 0 Å². The second-order valence-corrected chi connectivity index (χ2v) is 3.64. The van der Waals surface area contributed by atoms with Gasteiger partial charge in [-0.25, -0.2) is 0 Å². The van der Waals surface area contributed by atoms with Crippen molar-refractivity contribution in [2.75, 3.05) is 33.5 Å². The molecule has 0 saturated heterocycles. The highest BCUT2D eigenvalue weighted by Crippen LogP contribution is 2.01. The van der Waals surface area contributed by atoms with Gasteiger partial charge in [0.05, 0.1) is 6.61 Å². The van der Waals surface area contributed by atoms with Gasteiger partial charge >= 0.3 is 0 Å². The Labute approximate surface area is 99.6 Å². The predicted molar refractivity (Wildman–Crippen MR) is 65.6 cm³/mol. The molecule has 0 rings (SSSR count). The minimum absolute atomic E-state index is 0.0810. The minimum atomic E-state index is -0.0810. The predicted octanol–water partition coefficient (Wildman–Crippen LogP) is 1.79. The van der Waals surface area contributed by atoms with E-state index in [2.05, 4.69) is 12.2 Å². The SMILES string of the molecule is CCOC(CCNC(CC)COC)OCC. The number of ether oxygens (including phenoxy) is 3. The van der Waals surface area contributed by atoms with Crippen molar-refractivity contribution in [1.29, 1.82) is 0 Å². The van der Waals surface area contributed by atoms with Gasteiger partial charge in [0, 0.05) is 39.3 Å². The molecule has 1 unspecified atom stereocenters. The molecule has 0 aliphatic heterocycles. The third kappa shape index (κ3) is 8.05. The van der Waals surface area contributed by atoms with Gasteiger partial charge in [-0.2, -0.15) is 0 Å². The molecular weight excluding hydrogens is 206 g/mol. The minimum Gasteiger partial charge on any atom is -0.383 e. The maximum absolute atomic E-state index is 5.46. The molecule has 0 aromatic carbocycles. The van der Waals surface area contributed by atoms with Crippen LogP contribution >= 0.6 is 0 Å². The summed E-state index contributed by atoms with van der Waals surface area (Å²) < 4.78 is 16.1. The summed E-state index contributed by atoms with van der Waals surface area (Å²) in [5.74, 6) is 0. The number of hydrogen-bond donors (Lipinski definition) is 1. The van der Waals surface area contributed by atoms with E-state index in [1.807, 2.05) is 13.8 Å². The fourth-order valence-corrected chi connectivity index (χ4v) is 1.51. The van der Waals surface area contributed by atoms with Gasteiger partial charge in [0.25, 0.3) is 0 Å². The molecule has 1 N–H and O–H groups in total. The van der Waals surface area contributed by atoms with Crippen molar-refractivity contribution in [3.05, 3.63) is 0 Å². The normalized spacial score (nSPS) is 13.3. The molecule has 0 radical (unpaired) electrons. The highest BCUT2D eigenvalue weighted by atomic mass is 16.7. The molecule has 98 valence electrons. The summed E-state index contributed by atoms with van der Waals surface area (Å²) in [5.41, 5.74) is 0. The molecule has 0 aromatic rings. The molecular formula is C12H27NO3. The van der Waals surface area contributed by atoms with E-state index < -0.39 is 0 Å². The van der Waals surface area contributed by atoms with Crippen LogP contribution in [0.5, 0.6) is 0 Å². The van der Waals surface area contributed by atoms with E-state index in [-0.39, 0.29) is 6.29 Å². The van der Waals surface area contributed by atoms with Crippen LogP contribution in [0.2, 0.25) is 0 Å². The Hall–Kier alpha value is -0.160. The molecule has 0 amide bonds. The van der Waals surface area contributed by atoms with Crippen molar-refractivity contribution >= 4 is 0 Å². The molecule has 0 aliphatic carbocycles. The average molecular weight is 233 g/mol. The molecule has 0 heterocycles. The van der Waals surface area contributed by atoms with Gasteiger partial charge in [-0.15, -0.1) is 0 Å². The fraction of sp³-hybridized carbons (Fsp3) is 1.00. The van der Waals surface area contributed by atoms with Crippen LogP contribution in [0.15, 0.2) is 0 Å². The van der Waals surface area contributed by atoms with Crippen LogP contribution in [-0.2, 0) is 14.2 Å². The summed E-state index contributed by atoms with van der Waals surface area (Å²) in [4.78, 5) is 0. The molecule has 0 bridgehead atoms. The first-order chi connectivity index (χ1) is 7.78. The van der Waals surface area contributed by atoms with E-state index in [1.165, 1.54) is 0 Å². The Morgan fingerprint density at radius 3 is 2.12 bits per heavy atom. The number of nitrogens with one attached hydrogen (secondary N) is 1. The molecule has 4 heteroatoms. The Bertz CT molecular complexity index is 138. The van der Waals surface area contributed by atoms with Crippen molar-refractivity contribution in [1.82, 2.24) is 5.32 Å². The van der Waals surface area contributed by atoms with Crippen LogP contribution in [0.4, 0.5) is 0 Å². The third-order valence-electron chi connectivity index (χ3n) is 2.38. The van der Waals surface area contributed by atoms with Crippen molar-refractivity contribution in [3.8, 4) is 0 Å². The Morgan fingerprint density at radius 1 is 1.06 bits per heavy atom. The third-order valence-corrected chi connectivity index (χ3v) is 2.38. The second kappa shape index (κ2) is 11.3. The first kappa shape index (κ1) is 15.8. The smallest absolute Gasteiger partial charge is 0.158 e. The number of methoxy groups -OCH3 is 1. The lowest BCUT2D eigenvalue weighted by atomic mass is 10.2. The van der Waals surface area contributed by atoms with Gasteiger partial charge < -0.3 is 19.5 Å². The first-order valence-electron chi connectivity index (χ1n) is 6.23. The van der Waals surface area contributed by atoms with Crippen LogP contribution in [0.3, 0.4) is 0 Å². The van der Waals surface area contributed by atoms with E-state index in [1.54, 1.807) is 7.11 Å². The quantitative estimate of drug-likeness (QED) is 0.552. The Balaban J connectivity index is 3.65. The highest BCUT2D eigenvalue weighted by molar-refractivity contribution is 4.64.